The number of carbonyl (C=O) groups is 1. The van der Waals surface area contributed by atoms with Crippen LogP contribution < -0.4 is 5.32 Å². The van der Waals surface area contributed by atoms with Crippen LogP contribution in [0.25, 0.3) is 0 Å². The molecule has 1 aromatic rings. The van der Waals surface area contributed by atoms with Gasteiger partial charge in [-0.15, -0.1) is 0 Å². The van der Waals surface area contributed by atoms with Crippen molar-refractivity contribution >= 4 is 5.91 Å². The van der Waals surface area contributed by atoms with E-state index in [1.165, 1.54) is 42.4 Å². The second-order valence-corrected chi connectivity index (χ2v) is 5.87. The maximum atomic E-state index is 12.2. The van der Waals surface area contributed by atoms with Crippen molar-refractivity contribution in [2.24, 2.45) is 0 Å². The van der Waals surface area contributed by atoms with Crippen molar-refractivity contribution in [2.45, 2.75) is 52.9 Å². The summed E-state index contributed by atoms with van der Waals surface area (Å²) < 4.78 is 0. The van der Waals surface area contributed by atoms with Crippen molar-refractivity contribution in [3.63, 3.8) is 0 Å². The summed E-state index contributed by atoms with van der Waals surface area (Å²) >= 11 is 0. The zero-order valence-electron chi connectivity index (χ0n) is 12.9. The van der Waals surface area contributed by atoms with Gasteiger partial charge in [-0.05, 0) is 75.6 Å². The highest BCUT2D eigenvalue weighted by atomic mass is 16.1. The number of hydrogen-bond donors (Lipinski definition) is 1. The Labute approximate surface area is 122 Å². The first-order valence-electron chi connectivity index (χ1n) is 7.62. The number of allylic oxidation sites excluding steroid dienone is 1. The molecule has 1 aromatic carbocycles. The lowest BCUT2D eigenvalue weighted by molar-refractivity contribution is 0.0953. The zero-order chi connectivity index (χ0) is 14.5. The van der Waals surface area contributed by atoms with Gasteiger partial charge in [-0.25, -0.2) is 0 Å². The third-order valence-corrected chi connectivity index (χ3v) is 4.20. The highest BCUT2D eigenvalue weighted by Gasteiger charge is 2.10. The lowest BCUT2D eigenvalue weighted by atomic mass is 9.97. The number of carbonyl (C=O) groups excluding carboxylic acids is 1. The van der Waals surface area contributed by atoms with E-state index in [9.17, 15) is 4.79 Å². The van der Waals surface area contributed by atoms with Gasteiger partial charge in [0.1, 0.15) is 0 Å². The Kier molecular flexibility index (Phi) is 4.99. The second-order valence-electron chi connectivity index (χ2n) is 5.87. The van der Waals surface area contributed by atoms with Crippen LogP contribution in [-0.4, -0.2) is 12.5 Å². The first kappa shape index (κ1) is 14.8. The van der Waals surface area contributed by atoms with E-state index in [-0.39, 0.29) is 5.91 Å². The minimum Gasteiger partial charge on any atom is -0.352 e. The molecule has 1 N–H and O–H groups in total. The monoisotopic (exact) mass is 271 g/mol. The Morgan fingerprint density at radius 3 is 2.55 bits per heavy atom. The van der Waals surface area contributed by atoms with Gasteiger partial charge in [0, 0.05) is 12.1 Å². The summed E-state index contributed by atoms with van der Waals surface area (Å²) in [7, 11) is 0. The minimum absolute atomic E-state index is 0.0574. The molecular weight excluding hydrogens is 246 g/mol. The number of rotatable bonds is 4. The molecule has 20 heavy (non-hydrogen) atoms. The highest BCUT2D eigenvalue weighted by Crippen LogP contribution is 2.19. The third kappa shape index (κ3) is 3.72. The molecule has 0 spiro atoms. The van der Waals surface area contributed by atoms with Gasteiger partial charge < -0.3 is 5.32 Å². The van der Waals surface area contributed by atoms with Crippen LogP contribution in [0.15, 0.2) is 23.8 Å². The van der Waals surface area contributed by atoms with E-state index < -0.39 is 0 Å². The van der Waals surface area contributed by atoms with E-state index in [1.54, 1.807) is 0 Å². The van der Waals surface area contributed by atoms with Gasteiger partial charge >= 0.3 is 0 Å². The van der Waals surface area contributed by atoms with Gasteiger partial charge in [-0.1, -0.05) is 17.7 Å². The van der Waals surface area contributed by atoms with Gasteiger partial charge in [0.2, 0.25) is 0 Å². The van der Waals surface area contributed by atoms with Crippen LogP contribution in [-0.2, 0) is 0 Å². The number of benzene rings is 1. The van der Waals surface area contributed by atoms with Crippen molar-refractivity contribution in [2.75, 3.05) is 6.54 Å². The van der Waals surface area contributed by atoms with Crippen LogP contribution in [0.2, 0.25) is 0 Å². The molecule has 2 nitrogen and oxygen atoms in total. The summed E-state index contributed by atoms with van der Waals surface area (Å²) in [6.07, 6.45) is 8.37. The lowest BCUT2D eigenvalue weighted by Crippen LogP contribution is -2.25. The molecule has 2 heteroatoms. The highest BCUT2D eigenvalue weighted by molar-refractivity contribution is 5.95. The van der Waals surface area contributed by atoms with Crippen LogP contribution >= 0.6 is 0 Å². The minimum atomic E-state index is 0.0574. The van der Waals surface area contributed by atoms with E-state index in [2.05, 4.69) is 31.3 Å². The summed E-state index contributed by atoms with van der Waals surface area (Å²) in [6.45, 7) is 6.89. The Hall–Kier alpha value is -1.57. The molecular formula is C18H25NO. The van der Waals surface area contributed by atoms with Crippen LogP contribution in [0.4, 0.5) is 0 Å². The summed E-state index contributed by atoms with van der Waals surface area (Å²) in [5, 5.41) is 3.05. The Morgan fingerprint density at radius 1 is 1.10 bits per heavy atom. The quantitative estimate of drug-likeness (QED) is 0.816. The summed E-state index contributed by atoms with van der Waals surface area (Å²) in [4.78, 5) is 12.2. The van der Waals surface area contributed by atoms with Crippen molar-refractivity contribution in [1.29, 1.82) is 0 Å². The van der Waals surface area contributed by atoms with Gasteiger partial charge in [0.25, 0.3) is 5.91 Å². The van der Waals surface area contributed by atoms with Gasteiger partial charge in [0.15, 0.2) is 0 Å². The summed E-state index contributed by atoms with van der Waals surface area (Å²) in [6, 6.07) is 4.09. The molecule has 1 aliphatic rings. The SMILES string of the molecule is Cc1cc(C)c(C(=O)NCCC2=CCCCC2)cc1C. The molecule has 0 aliphatic heterocycles. The van der Waals surface area contributed by atoms with E-state index in [4.69, 9.17) is 0 Å². The predicted octanol–water partition coefficient (Wildman–Crippen LogP) is 4.23. The van der Waals surface area contributed by atoms with Crippen LogP contribution in [0, 0.1) is 20.8 Å². The smallest absolute Gasteiger partial charge is 0.251 e. The molecule has 1 amide bonds. The molecule has 0 atom stereocenters. The van der Waals surface area contributed by atoms with Crippen molar-refractivity contribution < 1.29 is 4.79 Å². The summed E-state index contributed by atoms with van der Waals surface area (Å²) in [5.41, 5.74) is 5.80. The average Bonchev–Trinajstić information content (AvgIpc) is 2.44. The van der Waals surface area contributed by atoms with Gasteiger partial charge in [-0.3, -0.25) is 4.79 Å². The molecule has 0 saturated heterocycles. The Morgan fingerprint density at radius 2 is 1.85 bits per heavy atom. The third-order valence-electron chi connectivity index (χ3n) is 4.20. The Bertz CT molecular complexity index is 528. The number of nitrogens with one attached hydrogen (secondary N) is 1. The second kappa shape index (κ2) is 6.74. The number of aryl methyl sites for hydroxylation is 3. The molecule has 108 valence electrons. The van der Waals surface area contributed by atoms with Crippen LogP contribution in [0.5, 0.6) is 0 Å². The normalized spacial score (nSPS) is 14.8. The fourth-order valence-electron chi connectivity index (χ4n) is 2.77. The number of hydrogen-bond acceptors (Lipinski definition) is 1. The first-order chi connectivity index (χ1) is 9.58. The zero-order valence-corrected chi connectivity index (χ0v) is 12.9. The molecule has 0 unspecified atom stereocenters. The van der Waals surface area contributed by atoms with Gasteiger partial charge in [-0.2, -0.15) is 0 Å². The molecule has 0 fully saturated rings. The molecule has 0 saturated carbocycles. The van der Waals surface area contributed by atoms with Crippen LogP contribution in [0.3, 0.4) is 0 Å². The fourth-order valence-corrected chi connectivity index (χ4v) is 2.77. The van der Waals surface area contributed by atoms with Crippen LogP contribution in [0.1, 0.15) is 59.2 Å². The molecule has 0 heterocycles. The van der Waals surface area contributed by atoms with Crippen molar-refractivity contribution in [3.05, 3.63) is 46.0 Å². The van der Waals surface area contributed by atoms with E-state index in [0.29, 0.717) is 0 Å². The molecule has 0 bridgehead atoms. The van der Waals surface area contributed by atoms with Crippen molar-refractivity contribution in [3.8, 4) is 0 Å². The van der Waals surface area contributed by atoms with E-state index >= 15 is 0 Å². The molecule has 0 radical (unpaired) electrons. The molecule has 1 aliphatic carbocycles. The maximum Gasteiger partial charge on any atom is 0.251 e. The van der Waals surface area contributed by atoms with E-state index in [0.717, 1.165) is 24.1 Å². The van der Waals surface area contributed by atoms with Gasteiger partial charge in [0.05, 0.1) is 0 Å². The molecule has 2 rings (SSSR count). The topological polar surface area (TPSA) is 29.1 Å². The summed E-state index contributed by atoms with van der Waals surface area (Å²) in [5.74, 6) is 0.0574. The standard InChI is InChI=1S/C18H25NO/c1-13-11-15(3)17(12-14(13)2)18(20)19-10-9-16-7-5-4-6-8-16/h7,11-12H,4-6,8-10H2,1-3H3,(H,19,20). The average molecular weight is 271 g/mol. The number of amides is 1. The van der Waals surface area contributed by atoms with Crippen molar-refractivity contribution in [1.82, 2.24) is 5.32 Å². The maximum absolute atomic E-state index is 12.2. The molecule has 0 aromatic heterocycles. The first-order valence-corrected chi connectivity index (χ1v) is 7.62. The Balaban J connectivity index is 1.92. The van der Waals surface area contributed by atoms with E-state index in [1.807, 2.05) is 13.0 Å². The predicted molar refractivity (Wildman–Crippen MR) is 84.2 cm³/mol. The largest absolute Gasteiger partial charge is 0.352 e. The lowest BCUT2D eigenvalue weighted by Gasteiger charge is -2.14. The fraction of sp³-hybridized carbons (Fsp3) is 0.500.